The molecule has 0 aromatic heterocycles. The van der Waals surface area contributed by atoms with Gasteiger partial charge in [0.1, 0.15) is 13.2 Å². The number of quaternary nitrogens is 1. The summed E-state index contributed by atoms with van der Waals surface area (Å²) in [5.41, 5.74) is 0. The highest BCUT2D eigenvalue weighted by molar-refractivity contribution is 7.45. The van der Waals surface area contributed by atoms with Gasteiger partial charge in [0.2, 0.25) is 5.91 Å². The van der Waals surface area contributed by atoms with Gasteiger partial charge in [-0.05, 0) is 19.3 Å². The summed E-state index contributed by atoms with van der Waals surface area (Å²) in [5, 5.41) is 13.8. The summed E-state index contributed by atoms with van der Waals surface area (Å²) in [5.74, 6) is -0.194. The van der Waals surface area contributed by atoms with Gasteiger partial charge in [-0.2, -0.15) is 0 Å². The van der Waals surface area contributed by atoms with Gasteiger partial charge in [0, 0.05) is 6.42 Å². The number of likely N-dealkylation sites (N-methyl/N-ethyl adjacent to an activating group) is 1. The molecule has 322 valence electrons. The van der Waals surface area contributed by atoms with Gasteiger partial charge in [0.05, 0.1) is 39.9 Å². The summed E-state index contributed by atoms with van der Waals surface area (Å²) in [6.07, 6.45) is 42.5. The molecule has 54 heavy (non-hydrogen) atoms. The van der Waals surface area contributed by atoms with E-state index >= 15 is 0 Å². The second-order valence-corrected chi connectivity index (χ2v) is 18.5. The number of nitrogens with zero attached hydrogens (tertiary/aromatic N) is 1. The minimum Gasteiger partial charge on any atom is -0.756 e. The molecule has 0 fully saturated rings. The molecule has 0 aliphatic heterocycles. The first-order valence-corrected chi connectivity index (χ1v) is 24.5. The number of aliphatic hydroxyl groups excluding tert-OH is 1. The van der Waals surface area contributed by atoms with Crippen LogP contribution in [0.3, 0.4) is 0 Å². The van der Waals surface area contributed by atoms with Crippen molar-refractivity contribution in [1.29, 1.82) is 0 Å². The third-order valence-electron chi connectivity index (χ3n) is 10.5. The fourth-order valence-electron chi connectivity index (χ4n) is 6.80. The zero-order valence-electron chi connectivity index (χ0n) is 36.4. The third kappa shape index (κ3) is 39.5. The lowest BCUT2D eigenvalue weighted by Gasteiger charge is -2.29. The van der Waals surface area contributed by atoms with Gasteiger partial charge in [-0.15, -0.1) is 0 Å². The summed E-state index contributed by atoms with van der Waals surface area (Å²) >= 11 is 0. The van der Waals surface area contributed by atoms with Crippen molar-refractivity contribution in [3.05, 3.63) is 12.2 Å². The maximum atomic E-state index is 12.9. The maximum Gasteiger partial charge on any atom is 0.268 e. The van der Waals surface area contributed by atoms with Crippen LogP contribution in [0.1, 0.15) is 219 Å². The van der Waals surface area contributed by atoms with Gasteiger partial charge in [-0.1, -0.05) is 206 Å². The number of carbonyl (C=O) groups is 1. The predicted octanol–water partition coefficient (Wildman–Crippen LogP) is 12.1. The van der Waals surface area contributed by atoms with Crippen LogP contribution in [0.5, 0.6) is 0 Å². The van der Waals surface area contributed by atoms with E-state index in [0.717, 1.165) is 38.5 Å². The van der Waals surface area contributed by atoms with Crippen molar-refractivity contribution in [2.24, 2.45) is 0 Å². The van der Waals surface area contributed by atoms with Crippen LogP contribution in [-0.2, 0) is 18.4 Å². The van der Waals surface area contributed by atoms with Crippen LogP contribution in [0.4, 0.5) is 0 Å². The van der Waals surface area contributed by atoms with Crippen molar-refractivity contribution < 1.29 is 32.9 Å². The lowest BCUT2D eigenvalue weighted by Crippen LogP contribution is -2.45. The van der Waals surface area contributed by atoms with E-state index in [2.05, 4.69) is 19.2 Å². The number of hydrogen-bond acceptors (Lipinski definition) is 6. The van der Waals surface area contributed by atoms with Crippen LogP contribution < -0.4 is 10.2 Å². The molecule has 0 saturated heterocycles. The van der Waals surface area contributed by atoms with E-state index < -0.39 is 20.0 Å². The molecule has 8 nitrogen and oxygen atoms in total. The summed E-state index contributed by atoms with van der Waals surface area (Å²) < 4.78 is 23.2. The van der Waals surface area contributed by atoms with Crippen LogP contribution in [0.25, 0.3) is 0 Å². The Balaban J connectivity index is 4.38. The van der Waals surface area contributed by atoms with Crippen molar-refractivity contribution in [1.82, 2.24) is 5.32 Å². The molecular formula is C45H91N2O6P. The number of aliphatic hydroxyl groups is 1. The molecule has 0 heterocycles. The molecule has 9 heteroatoms. The highest BCUT2D eigenvalue weighted by Gasteiger charge is 2.23. The van der Waals surface area contributed by atoms with Crippen LogP contribution in [-0.4, -0.2) is 68.5 Å². The van der Waals surface area contributed by atoms with Crippen LogP contribution in [0, 0.1) is 0 Å². The average Bonchev–Trinajstić information content (AvgIpc) is 3.12. The molecule has 0 aromatic rings. The fraction of sp³-hybridized carbons (Fsp3) is 0.933. The smallest absolute Gasteiger partial charge is 0.268 e. The first-order valence-electron chi connectivity index (χ1n) is 23.1. The number of phosphoric acid groups is 1. The summed E-state index contributed by atoms with van der Waals surface area (Å²) in [7, 11) is 1.27. The quantitative estimate of drug-likeness (QED) is 0.0276. The van der Waals surface area contributed by atoms with Gasteiger partial charge in [0.25, 0.3) is 7.82 Å². The second-order valence-electron chi connectivity index (χ2n) is 17.1. The topological polar surface area (TPSA) is 108 Å². The lowest BCUT2D eigenvalue weighted by molar-refractivity contribution is -0.870. The molecule has 1 unspecified atom stereocenters. The van der Waals surface area contributed by atoms with E-state index in [1.165, 1.54) is 161 Å². The Morgan fingerprint density at radius 2 is 1.00 bits per heavy atom. The van der Waals surface area contributed by atoms with Crippen molar-refractivity contribution >= 4 is 13.7 Å². The second kappa shape index (κ2) is 37.8. The summed E-state index contributed by atoms with van der Waals surface area (Å²) in [4.78, 5) is 25.3. The Labute approximate surface area is 335 Å². The molecule has 0 aliphatic carbocycles. The molecule has 0 spiro atoms. The molecule has 0 saturated carbocycles. The molecule has 0 rings (SSSR count). The van der Waals surface area contributed by atoms with E-state index in [1.54, 1.807) is 6.08 Å². The zero-order valence-corrected chi connectivity index (χ0v) is 37.3. The minimum atomic E-state index is -4.58. The van der Waals surface area contributed by atoms with E-state index in [4.69, 9.17) is 9.05 Å². The monoisotopic (exact) mass is 787 g/mol. The largest absolute Gasteiger partial charge is 0.756 e. The predicted molar refractivity (Wildman–Crippen MR) is 229 cm³/mol. The van der Waals surface area contributed by atoms with E-state index in [9.17, 15) is 19.4 Å². The number of carbonyl (C=O) groups excluding carboxylic acids is 1. The molecule has 1 amide bonds. The fourth-order valence-corrected chi connectivity index (χ4v) is 7.52. The van der Waals surface area contributed by atoms with Crippen molar-refractivity contribution in [2.75, 3.05) is 40.9 Å². The number of phosphoric ester groups is 1. The number of nitrogens with one attached hydrogen (secondary N) is 1. The van der Waals surface area contributed by atoms with Crippen molar-refractivity contribution in [2.45, 2.75) is 231 Å². The standard InChI is InChI=1S/C45H91N2O6P/c1-6-8-10-12-14-16-18-20-22-24-26-28-30-32-34-36-38-44(48)43(42-53-54(50,51)52-41-40-47(3,4)5)46-45(49)39-37-35-33-31-29-27-25-23-21-19-17-15-13-11-9-7-2/h36,38,43-44,48H,6-35,37,39-42H2,1-5H3,(H-,46,49,50,51)/b38-36+/t43-,44+/m0/s1. The number of allylic oxidation sites excluding steroid dienone is 1. The Morgan fingerprint density at radius 1 is 0.630 bits per heavy atom. The van der Waals surface area contributed by atoms with Gasteiger partial charge in [0.15, 0.2) is 0 Å². The number of amides is 1. The highest BCUT2D eigenvalue weighted by Crippen LogP contribution is 2.38. The number of unbranched alkanes of at least 4 members (excludes halogenated alkanes) is 29. The van der Waals surface area contributed by atoms with E-state index in [-0.39, 0.29) is 19.1 Å². The Kier molecular flexibility index (Phi) is 37.3. The molecule has 3 atom stereocenters. The molecule has 0 aliphatic rings. The SMILES string of the molecule is CCCCCCCCCCCCCCCC/C=C/[C@@H](O)[C@H](COP(=O)([O-])OCC[N+](C)(C)C)NC(=O)CCCCCCCCCCCCCCCCCC. The summed E-state index contributed by atoms with van der Waals surface area (Å²) in [6.45, 7) is 4.66. The normalized spacial score (nSPS) is 14.4. The minimum absolute atomic E-state index is 0.00219. The van der Waals surface area contributed by atoms with Gasteiger partial charge in [-0.25, -0.2) is 0 Å². The number of hydrogen-bond donors (Lipinski definition) is 2. The van der Waals surface area contributed by atoms with Crippen molar-refractivity contribution in [3.8, 4) is 0 Å². The molecule has 0 aromatic carbocycles. The third-order valence-corrected chi connectivity index (χ3v) is 11.5. The Morgan fingerprint density at radius 3 is 1.39 bits per heavy atom. The van der Waals surface area contributed by atoms with Gasteiger partial charge >= 0.3 is 0 Å². The molecular weight excluding hydrogens is 695 g/mol. The first-order chi connectivity index (χ1) is 26.0. The van der Waals surface area contributed by atoms with E-state index in [0.29, 0.717) is 17.4 Å². The maximum absolute atomic E-state index is 12.9. The Bertz CT molecular complexity index is 896. The van der Waals surface area contributed by atoms with Crippen molar-refractivity contribution in [3.63, 3.8) is 0 Å². The van der Waals surface area contributed by atoms with Crippen LogP contribution in [0.15, 0.2) is 12.2 Å². The summed E-state index contributed by atoms with van der Waals surface area (Å²) in [6, 6.07) is -0.879. The lowest BCUT2D eigenvalue weighted by atomic mass is 10.0. The highest BCUT2D eigenvalue weighted by atomic mass is 31.2. The van der Waals surface area contributed by atoms with Crippen LogP contribution in [0.2, 0.25) is 0 Å². The zero-order chi connectivity index (χ0) is 40.0. The molecule has 2 N–H and O–H groups in total. The Hall–Kier alpha value is -0.760. The van der Waals surface area contributed by atoms with Gasteiger partial charge in [-0.3, -0.25) is 9.36 Å². The average molecular weight is 787 g/mol. The molecule has 0 radical (unpaired) electrons. The van der Waals surface area contributed by atoms with Crippen LogP contribution >= 0.6 is 7.82 Å². The molecule has 0 bridgehead atoms. The first kappa shape index (κ1) is 53.2. The number of rotatable bonds is 42. The van der Waals surface area contributed by atoms with Gasteiger partial charge < -0.3 is 28.8 Å². The van der Waals surface area contributed by atoms with E-state index in [1.807, 2.05) is 27.2 Å².